The van der Waals surface area contributed by atoms with Crippen LogP contribution in [0.25, 0.3) is 11.0 Å². The van der Waals surface area contributed by atoms with Crippen LogP contribution in [0, 0.1) is 11.7 Å². The number of aromatic amines is 1. The van der Waals surface area contributed by atoms with E-state index in [2.05, 4.69) is 45.7 Å². The molecule has 3 aromatic rings. The Hall–Kier alpha value is -1.94. The minimum absolute atomic E-state index is 0.736. The number of nitrogens with one attached hydrogen (secondary N) is 1. The van der Waals surface area contributed by atoms with E-state index in [4.69, 9.17) is 12.2 Å². The highest BCUT2D eigenvalue weighted by Gasteiger charge is 2.04. The number of H-pyrrole nitrogens is 1. The van der Waals surface area contributed by atoms with E-state index in [0.29, 0.717) is 0 Å². The van der Waals surface area contributed by atoms with Crippen molar-refractivity contribution < 1.29 is 0 Å². The van der Waals surface area contributed by atoms with E-state index < -0.39 is 0 Å². The van der Waals surface area contributed by atoms with Gasteiger partial charge in [-0.25, -0.2) is 0 Å². The summed E-state index contributed by atoms with van der Waals surface area (Å²) in [5, 5.41) is 0. The zero-order valence-electron chi connectivity index (χ0n) is 10.1. The third-order valence-corrected chi connectivity index (χ3v) is 3.32. The molecular weight excluding hydrogens is 242 g/mol. The summed E-state index contributed by atoms with van der Waals surface area (Å²) >= 11 is 5.36. The first-order valence-corrected chi connectivity index (χ1v) is 6.23. The molecule has 0 aliphatic rings. The van der Waals surface area contributed by atoms with Gasteiger partial charge in [0.1, 0.15) is 0 Å². The molecule has 0 aliphatic heterocycles. The van der Waals surface area contributed by atoms with Crippen molar-refractivity contribution in [2.45, 2.75) is 13.5 Å². The summed E-state index contributed by atoms with van der Waals surface area (Å²) in [5.41, 5.74) is 4.59. The summed E-state index contributed by atoms with van der Waals surface area (Å²) in [6, 6.07) is 10.5. The molecule has 0 unspecified atom stereocenters. The monoisotopic (exact) mass is 255 g/mol. The van der Waals surface area contributed by atoms with Gasteiger partial charge in [-0.05, 0) is 30.8 Å². The summed E-state index contributed by atoms with van der Waals surface area (Å²) in [6.45, 7) is 2.88. The van der Waals surface area contributed by atoms with Crippen molar-refractivity contribution >= 4 is 23.3 Å². The molecule has 3 rings (SSSR count). The number of hydrogen-bond donors (Lipinski definition) is 1. The van der Waals surface area contributed by atoms with Crippen LogP contribution >= 0.6 is 12.2 Å². The van der Waals surface area contributed by atoms with Gasteiger partial charge in [-0.2, -0.15) is 0 Å². The molecule has 0 saturated heterocycles. The second-order valence-corrected chi connectivity index (χ2v) is 4.78. The van der Waals surface area contributed by atoms with Crippen LogP contribution in [-0.4, -0.2) is 14.5 Å². The van der Waals surface area contributed by atoms with E-state index in [0.717, 1.165) is 22.3 Å². The van der Waals surface area contributed by atoms with Crippen molar-refractivity contribution in [2.75, 3.05) is 0 Å². The molecule has 0 amide bonds. The minimum Gasteiger partial charge on any atom is -0.329 e. The van der Waals surface area contributed by atoms with Gasteiger partial charge >= 0.3 is 0 Å². The van der Waals surface area contributed by atoms with Gasteiger partial charge in [-0.1, -0.05) is 29.8 Å². The number of pyridine rings is 1. The van der Waals surface area contributed by atoms with Crippen molar-refractivity contribution in [3.8, 4) is 0 Å². The fourth-order valence-corrected chi connectivity index (χ4v) is 2.43. The Bertz CT molecular complexity index is 755. The van der Waals surface area contributed by atoms with Gasteiger partial charge in [-0.3, -0.25) is 4.98 Å². The fraction of sp³-hybridized carbons (Fsp3) is 0.143. The molecule has 0 bridgehead atoms. The van der Waals surface area contributed by atoms with Crippen molar-refractivity contribution in [3.05, 3.63) is 58.6 Å². The van der Waals surface area contributed by atoms with Crippen LogP contribution in [-0.2, 0) is 6.54 Å². The van der Waals surface area contributed by atoms with Gasteiger partial charge in [-0.15, -0.1) is 0 Å². The first kappa shape index (κ1) is 11.2. The lowest BCUT2D eigenvalue weighted by molar-refractivity contribution is 0.809. The largest absolute Gasteiger partial charge is 0.329 e. The second kappa shape index (κ2) is 4.38. The van der Waals surface area contributed by atoms with Gasteiger partial charge in [0.05, 0.1) is 23.8 Å². The number of nitrogens with zero attached hydrogens (tertiary/aromatic N) is 2. The second-order valence-electron chi connectivity index (χ2n) is 4.40. The lowest BCUT2D eigenvalue weighted by Gasteiger charge is -2.05. The van der Waals surface area contributed by atoms with E-state index >= 15 is 0 Å². The molecule has 1 N–H and O–H groups in total. The Morgan fingerprint density at radius 1 is 1.33 bits per heavy atom. The molecule has 1 aromatic carbocycles. The fourth-order valence-electron chi connectivity index (χ4n) is 2.16. The Morgan fingerprint density at radius 2 is 2.22 bits per heavy atom. The molecule has 0 spiro atoms. The van der Waals surface area contributed by atoms with Crippen LogP contribution in [0.5, 0.6) is 0 Å². The lowest BCUT2D eigenvalue weighted by Crippen LogP contribution is -1.99. The molecule has 18 heavy (non-hydrogen) atoms. The highest BCUT2D eigenvalue weighted by Crippen LogP contribution is 2.15. The smallest absolute Gasteiger partial charge is 0.178 e. The third kappa shape index (κ3) is 1.95. The van der Waals surface area contributed by atoms with E-state index in [-0.39, 0.29) is 0 Å². The third-order valence-electron chi connectivity index (χ3n) is 3.00. The highest BCUT2D eigenvalue weighted by molar-refractivity contribution is 7.71. The molecule has 90 valence electrons. The predicted molar refractivity (Wildman–Crippen MR) is 75.2 cm³/mol. The summed E-state index contributed by atoms with van der Waals surface area (Å²) in [5.74, 6) is 0. The van der Waals surface area contributed by atoms with Gasteiger partial charge in [0.2, 0.25) is 0 Å². The summed E-state index contributed by atoms with van der Waals surface area (Å²) < 4.78 is 2.83. The number of fused-ring (bicyclic) bond motifs is 1. The van der Waals surface area contributed by atoms with Crippen molar-refractivity contribution in [1.82, 2.24) is 14.5 Å². The molecule has 0 saturated carbocycles. The van der Waals surface area contributed by atoms with E-state index in [9.17, 15) is 0 Å². The number of aryl methyl sites for hydroxylation is 1. The van der Waals surface area contributed by atoms with Crippen LogP contribution in [0.1, 0.15) is 11.1 Å². The Kier molecular flexibility index (Phi) is 2.72. The summed E-state index contributed by atoms with van der Waals surface area (Å²) in [4.78, 5) is 7.27. The van der Waals surface area contributed by atoms with Crippen LogP contribution < -0.4 is 0 Å². The Morgan fingerprint density at radius 3 is 3.06 bits per heavy atom. The van der Waals surface area contributed by atoms with Gasteiger partial charge in [0.25, 0.3) is 0 Å². The number of hydrogen-bond acceptors (Lipinski definition) is 2. The maximum atomic E-state index is 5.36. The molecular formula is C14H13N3S. The van der Waals surface area contributed by atoms with Crippen LogP contribution in [0.2, 0.25) is 0 Å². The lowest BCUT2D eigenvalue weighted by atomic mass is 10.1. The van der Waals surface area contributed by atoms with Crippen molar-refractivity contribution in [3.63, 3.8) is 0 Å². The summed E-state index contributed by atoms with van der Waals surface area (Å²) in [6.07, 6.45) is 3.59. The number of rotatable bonds is 2. The highest BCUT2D eigenvalue weighted by atomic mass is 32.1. The van der Waals surface area contributed by atoms with Gasteiger partial charge in [0, 0.05) is 6.20 Å². The molecule has 2 heterocycles. The van der Waals surface area contributed by atoms with Crippen LogP contribution in [0.15, 0.2) is 42.7 Å². The topological polar surface area (TPSA) is 33.6 Å². The maximum absolute atomic E-state index is 5.36. The SMILES string of the molecule is Cc1cccc(Cn2c(=S)[nH]c3cnccc32)c1. The molecule has 4 heteroatoms. The van der Waals surface area contributed by atoms with Crippen LogP contribution in [0.4, 0.5) is 0 Å². The Labute approximate surface area is 110 Å². The van der Waals surface area contributed by atoms with Crippen LogP contribution in [0.3, 0.4) is 0 Å². The molecule has 2 aromatic heterocycles. The molecule has 0 radical (unpaired) electrons. The average molecular weight is 255 g/mol. The normalized spacial score (nSPS) is 10.9. The van der Waals surface area contributed by atoms with Gasteiger partial charge in [0.15, 0.2) is 4.77 Å². The van der Waals surface area contributed by atoms with E-state index in [1.807, 2.05) is 6.07 Å². The standard InChI is InChI=1S/C14H13N3S/c1-10-3-2-4-11(7-10)9-17-13-5-6-15-8-12(13)16-14(17)18/h2-8H,9H2,1H3,(H,16,18). The quantitative estimate of drug-likeness (QED) is 0.712. The van der Waals surface area contributed by atoms with Crippen molar-refractivity contribution in [2.24, 2.45) is 0 Å². The first-order valence-electron chi connectivity index (χ1n) is 5.82. The van der Waals surface area contributed by atoms with Gasteiger partial charge < -0.3 is 9.55 Å². The molecule has 3 nitrogen and oxygen atoms in total. The predicted octanol–water partition coefficient (Wildman–Crippen LogP) is 3.45. The zero-order valence-corrected chi connectivity index (χ0v) is 10.9. The Balaban J connectivity index is 2.10. The molecule has 0 aliphatic carbocycles. The number of imidazole rings is 1. The minimum atomic E-state index is 0.736. The van der Waals surface area contributed by atoms with E-state index in [1.54, 1.807) is 12.4 Å². The molecule has 0 atom stereocenters. The zero-order chi connectivity index (χ0) is 12.5. The first-order chi connectivity index (χ1) is 8.74. The molecule has 0 fully saturated rings. The number of aromatic nitrogens is 3. The summed E-state index contributed by atoms with van der Waals surface area (Å²) in [7, 11) is 0. The maximum Gasteiger partial charge on any atom is 0.178 e. The average Bonchev–Trinajstić information content (AvgIpc) is 2.66. The van der Waals surface area contributed by atoms with E-state index in [1.165, 1.54) is 11.1 Å². The number of benzene rings is 1. The van der Waals surface area contributed by atoms with Crippen molar-refractivity contribution in [1.29, 1.82) is 0 Å².